The molecule has 7 heteroatoms. The van der Waals surface area contributed by atoms with Gasteiger partial charge in [-0.2, -0.15) is 0 Å². The molecule has 0 radical (unpaired) electrons. The van der Waals surface area contributed by atoms with Gasteiger partial charge in [0.1, 0.15) is 12.4 Å². The fourth-order valence-electron chi connectivity index (χ4n) is 3.41. The first kappa shape index (κ1) is 18.0. The number of imidazole rings is 1. The Labute approximate surface area is 153 Å². The van der Waals surface area contributed by atoms with Gasteiger partial charge >= 0.3 is 0 Å². The van der Waals surface area contributed by atoms with E-state index < -0.39 is 0 Å². The molecule has 0 aliphatic carbocycles. The molecule has 1 aromatic heterocycles. The summed E-state index contributed by atoms with van der Waals surface area (Å²) >= 11 is 0. The van der Waals surface area contributed by atoms with E-state index in [-0.39, 0.29) is 24.3 Å². The summed E-state index contributed by atoms with van der Waals surface area (Å²) in [7, 11) is 3.95. The Bertz CT molecular complexity index is 773. The SMILES string of the molecule is CN(C)c1ccc(C(=O)N2CCC(c3nccn3CC(N)=O)CC2)cc1. The highest BCUT2D eigenvalue weighted by molar-refractivity contribution is 5.94. The number of anilines is 1. The van der Waals surface area contributed by atoms with Crippen molar-refractivity contribution in [2.24, 2.45) is 5.73 Å². The minimum atomic E-state index is -0.377. The topological polar surface area (TPSA) is 84.5 Å². The Kier molecular flexibility index (Phi) is 5.25. The third-order valence-corrected chi connectivity index (χ3v) is 4.85. The molecule has 1 aliphatic rings. The molecule has 1 fully saturated rings. The quantitative estimate of drug-likeness (QED) is 0.880. The van der Waals surface area contributed by atoms with Crippen LogP contribution in [0.2, 0.25) is 0 Å². The van der Waals surface area contributed by atoms with E-state index in [9.17, 15) is 9.59 Å². The van der Waals surface area contributed by atoms with Crippen molar-refractivity contribution in [3.8, 4) is 0 Å². The standard InChI is InChI=1S/C19H25N5O2/c1-22(2)16-5-3-15(4-6-16)19(26)23-10-7-14(8-11-23)18-21-9-12-24(18)13-17(20)25/h3-6,9,12,14H,7-8,10-11,13H2,1-2H3,(H2,20,25). The zero-order chi connectivity index (χ0) is 18.7. The minimum absolute atomic E-state index is 0.0641. The van der Waals surface area contributed by atoms with Gasteiger partial charge in [0.2, 0.25) is 5.91 Å². The fourth-order valence-corrected chi connectivity index (χ4v) is 3.41. The summed E-state index contributed by atoms with van der Waals surface area (Å²) in [5.74, 6) is 0.808. The smallest absolute Gasteiger partial charge is 0.253 e. The lowest BCUT2D eigenvalue weighted by atomic mass is 9.95. The lowest BCUT2D eigenvalue weighted by molar-refractivity contribution is -0.118. The highest BCUT2D eigenvalue weighted by Gasteiger charge is 2.27. The van der Waals surface area contributed by atoms with Crippen molar-refractivity contribution < 1.29 is 9.59 Å². The lowest BCUT2D eigenvalue weighted by Crippen LogP contribution is -2.38. The van der Waals surface area contributed by atoms with Gasteiger partial charge in [-0.25, -0.2) is 4.98 Å². The molecule has 0 spiro atoms. The number of aromatic nitrogens is 2. The summed E-state index contributed by atoms with van der Waals surface area (Å²) in [5.41, 5.74) is 7.08. The van der Waals surface area contributed by atoms with Crippen LogP contribution in [0.15, 0.2) is 36.7 Å². The molecule has 3 rings (SSSR count). The number of piperidine rings is 1. The molecule has 0 bridgehead atoms. The molecule has 2 amide bonds. The highest BCUT2D eigenvalue weighted by Crippen LogP contribution is 2.28. The van der Waals surface area contributed by atoms with Crippen molar-refractivity contribution in [3.63, 3.8) is 0 Å². The van der Waals surface area contributed by atoms with Crippen LogP contribution in [0.1, 0.15) is 34.9 Å². The third-order valence-electron chi connectivity index (χ3n) is 4.85. The van der Waals surface area contributed by atoms with E-state index in [0.29, 0.717) is 18.7 Å². The maximum absolute atomic E-state index is 12.7. The van der Waals surface area contributed by atoms with Gasteiger partial charge < -0.3 is 20.1 Å². The maximum atomic E-state index is 12.7. The van der Waals surface area contributed by atoms with Crippen molar-refractivity contribution in [1.29, 1.82) is 0 Å². The predicted octanol–water partition coefficient (Wildman–Crippen LogP) is 1.45. The average molecular weight is 355 g/mol. The zero-order valence-corrected chi connectivity index (χ0v) is 15.3. The number of benzene rings is 1. The van der Waals surface area contributed by atoms with Crippen LogP contribution in [-0.2, 0) is 11.3 Å². The molecule has 2 N–H and O–H groups in total. The van der Waals surface area contributed by atoms with Gasteiger partial charge in [0.05, 0.1) is 0 Å². The van der Waals surface area contributed by atoms with E-state index in [2.05, 4.69) is 4.98 Å². The second-order valence-electron chi connectivity index (χ2n) is 6.89. The number of likely N-dealkylation sites (tertiary alicyclic amines) is 1. The van der Waals surface area contributed by atoms with E-state index in [1.165, 1.54) is 0 Å². The number of carbonyl (C=O) groups excluding carboxylic acids is 2. The Morgan fingerprint density at radius 2 is 1.85 bits per heavy atom. The van der Waals surface area contributed by atoms with Gasteiger partial charge in [0, 0.05) is 56.7 Å². The van der Waals surface area contributed by atoms with Crippen LogP contribution < -0.4 is 10.6 Å². The van der Waals surface area contributed by atoms with E-state index in [0.717, 1.165) is 24.4 Å². The number of primary amides is 1. The Hall–Kier alpha value is -2.83. The number of rotatable bonds is 5. The van der Waals surface area contributed by atoms with Crippen molar-refractivity contribution in [2.45, 2.75) is 25.3 Å². The summed E-state index contributed by atoms with van der Waals surface area (Å²) in [4.78, 5) is 32.2. The van der Waals surface area contributed by atoms with Gasteiger partial charge in [-0.3, -0.25) is 9.59 Å². The van der Waals surface area contributed by atoms with E-state index in [1.54, 1.807) is 12.4 Å². The van der Waals surface area contributed by atoms with E-state index in [1.807, 2.05) is 52.7 Å². The molecule has 0 unspecified atom stereocenters. The molecule has 1 saturated heterocycles. The van der Waals surface area contributed by atoms with Crippen LogP contribution in [0.25, 0.3) is 0 Å². The van der Waals surface area contributed by atoms with Crippen LogP contribution in [0, 0.1) is 0 Å². The number of carbonyl (C=O) groups is 2. The summed E-state index contributed by atoms with van der Waals surface area (Å²) in [6.07, 6.45) is 5.14. The van der Waals surface area contributed by atoms with Crippen molar-refractivity contribution >= 4 is 17.5 Å². The van der Waals surface area contributed by atoms with Crippen LogP contribution in [0.4, 0.5) is 5.69 Å². The third kappa shape index (κ3) is 3.87. The van der Waals surface area contributed by atoms with Crippen LogP contribution in [0.5, 0.6) is 0 Å². The van der Waals surface area contributed by atoms with Gasteiger partial charge in [0.15, 0.2) is 0 Å². The van der Waals surface area contributed by atoms with Crippen LogP contribution in [0.3, 0.4) is 0 Å². The number of nitrogens with two attached hydrogens (primary N) is 1. The minimum Gasteiger partial charge on any atom is -0.378 e. The first-order chi connectivity index (χ1) is 12.5. The maximum Gasteiger partial charge on any atom is 0.253 e. The Morgan fingerprint density at radius 3 is 2.42 bits per heavy atom. The van der Waals surface area contributed by atoms with Crippen molar-refractivity contribution in [2.75, 3.05) is 32.1 Å². The number of hydrogen-bond donors (Lipinski definition) is 1. The van der Waals surface area contributed by atoms with Crippen LogP contribution >= 0.6 is 0 Å². The number of hydrogen-bond acceptors (Lipinski definition) is 4. The first-order valence-corrected chi connectivity index (χ1v) is 8.81. The lowest BCUT2D eigenvalue weighted by Gasteiger charge is -2.32. The number of amides is 2. The van der Waals surface area contributed by atoms with Gasteiger partial charge in [0.25, 0.3) is 5.91 Å². The fraction of sp³-hybridized carbons (Fsp3) is 0.421. The number of nitrogens with zero attached hydrogens (tertiary/aromatic N) is 4. The normalized spacial score (nSPS) is 15.1. The van der Waals surface area contributed by atoms with Gasteiger partial charge in [-0.05, 0) is 37.1 Å². The second kappa shape index (κ2) is 7.59. The van der Waals surface area contributed by atoms with E-state index in [4.69, 9.17) is 5.73 Å². The van der Waals surface area contributed by atoms with Gasteiger partial charge in [-0.15, -0.1) is 0 Å². The molecule has 26 heavy (non-hydrogen) atoms. The van der Waals surface area contributed by atoms with Crippen molar-refractivity contribution in [1.82, 2.24) is 14.5 Å². The molecule has 1 aliphatic heterocycles. The van der Waals surface area contributed by atoms with Crippen LogP contribution in [-0.4, -0.2) is 53.5 Å². The molecule has 1 aromatic carbocycles. The molecule has 7 nitrogen and oxygen atoms in total. The summed E-state index contributed by atoms with van der Waals surface area (Å²) < 4.78 is 1.81. The summed E-state index contributed by atoms with van der Waals surface area (Å²) in [6.45, 7) is 1.51. The largest absolute Gasteiger partial charge is 0.378 e. The molecule has 0 atom stereocenters. The molecule has 0 saturated carbocycles. The molecule has 2 heterocycles. The second-order valence-corrected chi connectivity index (χ2v) is 6.89. The predicted molar refractivity (Wildman–Crippen MR) is 100 cm³/mol. The summed E-state index contributed by atoms with van der Waals surface area (Å²) in [5, 5.41) is 0. The molecular weight excluding hydrogens is 330 g/mol. The molecular formula is C19H25N5O2. The van der Waals surface area contributed by atoms with E-state index >= 15 is 0 Å². The average Bonchev–Trinajstić information content (AvgIpc) is 3.08. The summed E-state index contributed by atoms with van der Waals surface area (Å²) in [6, 6.07) is 7.67. The highest BCUT2D eigenvalue weighted by atomic mass is 16.2. The molecule has 138 valence electrons. The van der Waals surface area contributed by atoms with Crippen molar-refractivity contribution in [3.05, 3.63) is 48.0 Å². The first-order valence-electron chi connectivity index (χ1n) is 8.81. The zero-order valence-electron chi connectivity index (χ0n) is 15.3. The van der Waals surface area contributed by atoms with Gasteiger partial charge in [-0.1, -0.05) is 0 Å². The Morgan fingerprint density at radius 1 is 1.19 bits per heavy atom. The molecule has 2 aromatic rings. The monoisotopic (exact) mass is 355 g/mol. The Balaban J connectivity index is 1.62.